The fourth-order valence-corrected chi connectivity index (χ4v) is 1.66. The van der Waals surface area contributed by atoms with Gasteiger partial charge in [0.2, 0.25) is 10.0 Å². The molecule has 0 unspecified atom stereocenters. The van der Waals surface area contributed by atoms with Crippen LogP contribution in [0.15, 0.2) is 0 Å². The van der Waals surface area contributed by atoms with Gasteiger partial charge in [-0.1, -0.05) is 13.8 Å². The van der Waals surface area contributed by atoms with Crippen molar-refractivity contribution in [2.24, 2.45) is 0 Å². The quantitative estimate of drug-likeness (QED) is 0.606. The number of hydrogen-bond acceptors (Lipinski definition) is 2. The van der Waals surface area contributed by atoms with Gasteiger partial charge in [0.25, 0.3) is 0 Å². The summed E-state index contributed by atoms with van der Waals surface area (Å²) in [5, 5.41) is 0. The van der Waals surface area contributed by atoms with Crippen molar-refractivity contribution in [3.63, 3.8) is 0 Å². The molecule has 4 heteroatoms. The Morgan fingerprint density at radius 3 is 2.10 bits per heavy atom. The lowest BCUT2D eigenvalue weighted by Crippen LogP contribution is -2.30. The monoisotopic (exact) mass is 164 g/mol. The minimum Gasteiger partial charge on any atom is -0.213 e. The SMILES string of the molecule is [CH2]CCN(CC)S(C)(=O)=O. The van der Waals surface area contributed by atoms with Gasteiger partial charge in [-0.2, -0.15) is 0 Å². The van der Waals surface area contributed by atoms with E-state index in [1.807, 2.05) is 6.92 Å². The van der Waals surface area contributed by atoms with Gasteiger partial charge < -0.3 is 0 Å². The van der Waals surface area contributed by atoms with E-state index in [4.69, 9.17) is 0 Å². The molecule has 0 rings (SSSR count). The smallest absolute Gasteiger partial charge is 0.211 e. The van der Waals surface area contributed by atoms with Crippen molar-refractivity contribution in [1.82, 2.24) is 4.31 Å². The third-order valence-electron chi connectivity index (χ3n) is 1.23. The van der Waals surface area contributed by atoms with Gasteiger partial charge in [0.1, 0.15) is 0 Å². The summed E-state index contributed by atoms with van der Waals surface area (Å²) in [5.74, 6) is 0. The lowest BCUT2D eigenvalue weighted by atomic mass is 10.5. The van der Waals surface area contributed by atoms with Gasteiger partial charge in [-0.05, 0) is 6.42 Å². The van der Waals surface area contributed by atoms with Crippen molar-refractivity contribution in [2.45, 2.75) is 13.3 Å². The van der Waals surface area contributed by atoms with E-state index < -0.39 is 10.0 Å². The fraction of sp³-hybridized carbons (Fsp3) is 0.833. The average molecular weight is 164 g/mol. The van der Waals surface area contributed by atoms with Crippen LogP contribution in [0.25, 0.3) is 0 Å². The van der Waals surface area contributed by atoms with Gasteiger partial charge in [-0.25, -0.2) is 12.7 Å². The van der Waals surface area contributed by atoms with E-state index in [0.717, 1.165) is 0 Å². The van der Waals surface area contributed by atoms with Crippen LogP contribution < -0.4 is 0 Å². The topological polar surface area (TPSA) is 37.4 Å². The molecule has 0 saturated heterocycles. The van der Waals surface area contributed by atoms with E-state index in [1.54, 1.807) is 0 Å². The summed E-state index contributed by atoms with van der Waals surface area (Å²) in [4.78, 5) is 0. The molecule has 0 aliphatic carbocycles. The molecule has 0 N–H and O–H groups in total. The second kappa shape index (κ2) is 3.93. The zero-order valence-electron chi connectivity index (χ0n) is 6.50. The molecule has 10 heavy (non-hydrogen) atoms. The van der Waals surface area contributed by atoms with E-state index in [9.17, 15) is 8.42 Å². The number of hydrogen-bond donors (Lipinski definition) is 0. The zero-order chi connectivity index (χ0) is 8.20. The molecule has 0 atom stereocenters. The Balaban J connectivity index is 4.08. The molecule has 3 nitrogen and oxygen atoms in total. The van der Waals surface area contributed by atoms with E-state index in [1.165, 1.54) is 10.6 Å². The largest absolute Gasteiger partial charge is 0.213 e. The van der Waals surface area contributed by atoms with Gasteiger partial charge in [0.05, 0.1) is 6.26 Å². The maximum absolute atomic E-state index is 10.9. The molecule has 0 saturated carbocycles. The average Bonchev–Trinajstić information content (AvgIpc) is 1.80. The number of nitrogens with zero attached hydrogens (tertiary/aromatic N) is 1. The molecule has 0 aromatic rings. The highest BCUT2D eigenvalue weighted by Gasteiger charge is 2.11. The molecule has 0 spiro atoms. The molecule has 0 aromatic heterocycles. The van der Waals surface area contributed by atoms with Crippen molar-refractivity contribution in [3.8, 4) is 0 Å². The Morgan fingerprint density at radius 2 is 2.00 bits per heavy atom. The van der Waals surface area contributed by atoms with Crippen LogP contribution >= 0.6 is 0 Å². The van der Waals surface area contributed by atoms with Crippen LogP contribution in [0.5, 0.6) is 0 Å². The standard InChI is InChI=1S/C6H14NO2S/c1-4-6-7(5-2)10(3,8)9/h1,4-6H2,2-3H3. The first kappa shape index (κ1) is 9.91. The Kier molecular flexibility index (Phi) is 3.89. The summed E-state index contributed by atoms with van der Waals surface area (Å²) in [7, 11) is -2.98. The summed E-state index contributed by atoms with van der Waals surface area (Å²) in [6, 6.07) is 0. The highest BCUT2D eigenvalue weighted by atomic mass is 32.2. The molecule has 0 heterocycles. The van der Waals surface area contributed by atoms with E-state index in [0.29, 0.717) is 19.5 Å². The highest BCUT2D eigenvalue weighted by Crippen LogP contribution is 1.97. The first-order valence-corrected chi connectivity index (χ1v) is 5.11. The molecule has 0 aliphatic heterocycles. The van der Waals surface area contributed by atoms with Crippen molar-refractivity contribution >= 4 is 10.0 Å². The maximum atomic E-state index is 10.9. The third-order valence-corrected chi connectivity index (χ3v) is 2.61. The predicted molar refractivity (Wildman–Crippen MR) is 42.1 cm³/mol. The van der Waals surface area contributed by atoms with Crippen molar-refractivity contribution < 1.29 is 8.42 Å². The Hall–Kier alpha value is -0.0900. The van der Waals surface area contributed by atoms with E-state index in [-0.39, 0.29) is 0 Å². The molecule has 61 valence electrons. The van der Waals surface area contributed by atoms with Gasteiger partial charge >= 0.3 is 0 Å². The molecular formula is C6H14NO2S. The Morgan fingerprint density at radius 1 is 1.50 bits per heavy atom. The first-order chi connectivity index (χ1) is 4.52. The van der Waals surface area contributed by atoms with Gasteiger partial charge in [0, 0.05) is 13.1 Å². The minimum atomic E-state index is -2.98. The predicted octanol–water partition coefficient (Wildman–Crippen LogP) is 0.492. The van der Waals surface area contributed by atoms with E-state index in [2.05, 4.69) is 6.92 Å². The van der Waals surface area contributed by atoms with Crippen molar-refractivity contribution in [2.75, 3.05) is 19.3 Å². The summed E-state index contributed by atoms with van der Waals surface area (Å²) >= 11 is 0. The Bertz CT molecular complexity index is 174. The molecular weight excluding hydrogens is 150 g/mol. The second-order valence-electron chi connectivity index (χ2n) is 2.11. The van der Waals surface area contributed by atoms with Crippen LogP contribution in [-0.2, 0) is 10.0 Å². The highest BCUT2D eigenvalue weighted by molar-refractivity contribution is 7.88. The summed E-state index contributed by atoms with van der Waals surface area (Å²) < 4.78 is 23.1. The second-order valence-corrected chi connectivity index (χ2v) is 4.09. The molecule has 0 bridgehead atoms. The van der Waals surface area contributed by atoms with Crippen molar-refractivity contribution in [3.05, 3.63) is 6.92 Å². The van der Waals surface area contributed by atoms with Crippen LogP contribution in [0.1, 0.15) is 13.3 Å². The van der Waals surface area contributed by atoms with Crippen LogP contribution in [0.4, 0.5) is 0 Å². The summed E-state index contributed by atoms with van der Waals surface area (Å²) in [6.45, 7) is 6.46. The lowest BCUT2D eigenvalue weighted by Gasteiger charge is -2.15. The minimum absolute atomic E-state index is 0.523. The normalized spacial score (nSPS) is 12.4. The first-order valence-electron chi connectivity index (χ1n) is 3.26. The molecule has 0 aliphatic rings. The Labute approximate surface area is 63.1 Å². The zero-order valence-corrected chi connectivity index (χ0v) is 7.32. The van der Waals surface area contributed by atoms with E-state index >= 15 is 0 Å². The van der Waals surface area contributed by atoms with Gasteiger partial charge in [-0.15, -0.1) is 0 Å². The van der Waals surface area contributed by atoms with Crippen LogP contribution in [0, 0.1) is 6.92 Å². The number of rotatable bonds is 4. The maximum Gasteiger partial charge on any atom is 0.211 e. The summed E-state index contributed by atoms with van der Waals surface area (Å²) in [5.41, 5.74) is 0. The lowest BCUT2D eigenvalue weighted by molar-refractivity contribution is 0.437. The molecule has 0 aromatic carbocycles. The van der Waals surface area contributed by atoms with Crippen molar-refractivity contribution in [1.29, 1.82) is 0 Å². The van der Waals surface area contributed by atoms with Crippen LogP contribution in [0.2, 0.25) is 0 Å². The van der Waals surface area contributed by atoms with Crippen LogP contribution in [0.3, 0.4) is 0 Å². The molecule has 0 amide bonds. The van der Waals surface area contributed by atoms with Gasteiger partial charge in [-0.3, -0.25) is 0 Å². The third kappa shape index (κ3) is 3.17. The number of sulfonamides is 1. The molecule has 1 radical (unpaired) electrons. The summed E-state index contributed by atoms with van der Waals surface area (Å²) in [6.07, 6.45) is 1.84. The fourth-order valence-electron chi connectivity index (χ4n) is 0.735. The van der Waals surface area contributed by atoms with Gasteiger partial charge in [0.15, 0.2) is 0 Å². The molecule has 0 fully saturated rings. The van der Waals surface area contributed by atoms with Crippen LogP contribution in [-0.4, -0.2) is 32.1 Å².